The Morgan fingerprint density at radius 3 is 2.69 bits per heavy atom. The van der Waals surface area contributed by atoms with E-state index in [1.54, 1.807) is 25.3 Å². The largest absolute Gasteiger partial charge is 0.292 e. The van der Waals surface area contributed by atoms with Crippen LogP contribution in [-0.2, 0) is 0 Å². The van der Waals surface area contributed by atoms with Crippen molar-refractivity contribution in [3.63, 3.8) is 0 Å². The van der Waals surface area contributed by atoms with Crippen molar-refractivity contribution in [1.29, 1.82) is 0 Å². The summed E-state index contributed by atoms with van der Waals surface area (Å²) in [6, 6.07) is 6.17. The van der Waals surface area contributed by atoms with Crippen molar-refractivity contribution in [2.24, 2.45) is 0 Å². The number of hydrogen-bond donors (Lipinski definition) is 0. The Morgan fingerprint density at radius 1 is 1.38 bits per heavy atom. The van der Waals surface area contributed by atoms with Crippen LogP contribution in [0, 0.1) is 5.82 Å². The summed E-state index contributed by atoms with van der Waals surface area (Å²) in [4.78, 5) is 16.3. The first-order valence-electron chi connectivity index (χ1n) is 4.95. The molecule has 82 valence electrons. The second kappa shape index (κ2) is 4.53. The van der Waals surface area contributed by atoms with Crippen LogP contribution in [0.25, 0.3) is 10.4 Å². The van der Waals surface area contributed by atoms with Crippen molar-refractivity contribution in [2.75, 3.05) is 0 Å². The van der Waals surface area contributed by atoms with Gasteiger partial charge in [0.1, 0.15) is 5.82 Å². The van der Waals surface area contributed by atoms with Gasteiger partial charge in [0.2, 0.25) is 0 Å². The summed E-state index contributed by atoms with van der Waals surface area (Å²) in [5.41, 5.74) is 0.883. The molecule has 1 aromatic heterocycles. The molecular formula is C12H10FNOS. The van der Waals surface area contributed by atoms with Gasteiger partial charge in [0.15, 0.2) is 10.8 Å². The highest BCUT2D eigenvalue weighted by Gasteiger charge is 2.09. The molecule has 0 aliphatic heterocycles. The minimum absolute atomic E-state index is 0.0401. The van der Waals surface area contributed by atoms with Crippen LogP contribution < -0.4 is 0 Å². The fourth-order valence-corrected chi connectivity index (χ4v) is 2.23. The number of aromatic nitrogens is 1. The standard InChI is InChI=1S/C12H10FNOS/c1-2-10(15)12-14-7-11(16-12)8-3-5-9(13)6-4-8/h3-7H,2H2,1H3. The Labute approximate surface area is 96.8 Å². The number of benzene rings is 1. The zero-order chi connectivity index (χ0) is 11.5. The Hall–Kier alpha value is -1.55. The molecule has 2 rings (SSSR count). The topological polar surface area (TPSA) is 30.0 Å². The molecule has 0 aliphatic rings. The van der Waals surface area contributed by atoms with E-state index >= 15 is 0 Å². The third-order valence-electron chi connectivity index (χ3n) is 2.19. The van der Waals surface area contributed by atoms with Gasteiger partial charge in [-0.05, 0) is 17.7 Å². The van der Waals surface area contributed by atoms with Crippen LogP contribution >= 0.6 is 11.3 Å². The number of carbonyl (C=O) groups excluding carboxylic acids is 1. The van der Waals surface area contributed by atoms with Gasteiger partial charge in [-0.2, -0.15) is 0 Å². The third kappa shape index (κ3) is 2.17. The highest BCUT2D eigenvalue weighted by atomic mass is 32.1. The molecular weight excluding hydrogens is 225 g/mol. The maximum Gasteiger partial charge on any atom is 0.191 e. The lowest BCUT2D eigenvalue weighted by atomic mass is 10.2. The number of hydrogen-bond acceptors (Lipinski definition) is 3. The van der Waals surface area contributed by atoms with E-state index < -0.39 is 0 Å². The molecule has 1 heterocycles. The minimum atomic E-state index is -0.266. The normalized spacial score (nSPS) is 10.4. The molecule has 0 fully saturated rings. The van der Waals surface area contributed by atoms with Crippen LogP contribution in [0.5, 0.6) is 0 Å². The van der Waals surface area contributed by atoms with Gasteiger partial charge in [-0.25, -0.2) is 9.37 Å². The first-order chi connectivity index (χ1) is 7.70. The van der Waals surface area contributed by atoms with Crippen molar-refractivity contribution in [3.8, 4) is 10.4 Å². The number of rotatable bonds is 3. The molecule has 4 heteroatoms. The van der Waals surface area contributed by atoms with E-state index in [0.29, 0.717) is 11.4 Å². The van der Waals surface area contributed by atoms with Gasteiger partial charge in [0, 0.05) is 12.6 Å². The number of carbonyl (C=O) groups is 1. The van der Waals surface area contributed by atoms with Gasteiger partial charge >= 0.3 is 0 Å². The van der Waals surface area contributed by atoms with E-state index in [4.69, 9.17) is 0 Å². The summed E-state index contributed by atoms with van der Waals surface area (Å²) < 4.78 is 12.7. The lowest BCUT2D eigenvalue weighted by Gasteiger charge is -1.94. The highest BCUT2D eigenvalue weighted by molar-refractivity contribution is 7.17. The van der Waals surface area contributed by atoms with E-state index in [1.165, 1.54) is 23.5 Å². The molecule has 0 saturated carbocycles. The third-order valence-corrected chi connectivity index (χ3v) is 3.28. The molecule has 0 radical (unpaired) electrons. The van der Waals surface area contributed by atoms with E-state index in [9.17, 15) is 9.18 Å². The van der Waals surface area contributed by atoms with E-state index in [1.807, 2.05) is 0 Å². The molecule has 0 bridgehead atoms. The van der Waals surface area contributed by atoms with E-state index in [-0.39, 0.29) is 11.6 Å². The summed E-state index contributed by atoms with van der Waals surface area (Å²) >= 11 is 1.34. The Kier molecular flexibility index (Phi) is 3.10. The van der Waals surface area contributed by atoms with Gasteiger partial charge in [0.25, 0.3) is 0 Å². The zero-order valence-electron chi connectivity index (χ0n) is 8.74. The molecule has 0 atom stereocenters. The van der Waals surface area contributed by atoms with Crippen molar-refractivity contribution >= 4 is 17.1 Å². The fourth-order valence-electron chi connectivity index (χ4n) is 1.30. The fraction of sp³-hybridized carbons (Fsp3) is 0.167. The number of halogens is 1. The number of nitrogens with zero attached hydrogens (tertiary/aromatic N) is 1. The molecule has 0 unspecified atom stereocenters. The summed E-state index contributed by atoms with van der Waals surface area (Å²) in [5.74, 6) is -0.225. The van der Waals surface area contributed by atoms with Crippen molar-refractivity contribution in [3.05, 3.63) is 41.3 Å². The predicted octanol–water partition coefficient (Wildman–Crippen LogP) is 3.54. The molecule has 2 aromatic rings. The first-order valence-corrected chi connectivity index (χ1v) is 5.77. The molecule has 2 nitrogen and oxygen atoms in total. The van der Waals surface area contributed by atoms with Crippen molar-refractivity contribution < 1.29 is 9.18 Å². The average molecular weight is 235 g/mol. The Morgan fingerprint density at radius 2 is 2.06 bits per heavy atom. The summed E-state index contributed by atoms with van der Waals surface area (Å²) in [6.45, 7) is 1.81. The predicted molar refractivity (Wildman–Crippen MR) is 62.1 cm³/mol. The van der Waals surface area contributed by atoms with Crippen LogP contribution in [0.3, 0.4) is 0 Å². The molecule has 0 aliphatic carbocycles. The Bertz CT molecular complexity index is 504. The van der Waals surface area contributed by atoms with Crippen molar-refractivity contribution in [2.45, 2.75) is 13.3 Å². The maximum atomic E-state index is 12.7. The summed E-state index contributed by atoms with van der Waals surface area (Å²) in [5, 5.41) is 0.516. The monoisotopic (exact) mass is 235 g/mol. The second-order valence-electron chi connectivity index (χ2n) is 3.31. The Balaban J connectivity index is 2.31. The molecule has 0 N–H and O–H groups in total. The van der Waals surface area contributed by atoms with Gasteiger partial charge < -0.3 is 0 Å². The van der Waals surface area contributed by atoms with Crippen LogP contribution in [0.2, 0.25) is 0 Å². The van der Waals surface area contributed by atoms with Crippen LogP contribution in [0.1, 0.15) is 23.1 Å². The van der Waals surface area contributed by atoms with E-state index in [2.05, 4.69) is 4.98 Å². The molecule has 1 aromatic carbocycles. The van der Waals surface area contributed by atoms with Gasteiger partial charge in [-0.3, -0.25) is 4.79 Å². The van der Waals surface area contributed by atoms with Gasteiger partial charge in [0.05, 0.1) is 4.88 Å². The number of thiazole rings is 1. The summed E-state index contributed by atoms with van der Waals surface area (Å²) in [6.07, 6.45) is 2.11. The number of Topliss-reactive ketones (excluding diaryl/α,β-unsaturated/α-hetero) is 1. The molecule has 16 heavy (non-hydrogen) atoms. The van der Waals surface area contributed by atoms with Crippen LogP contribution in [-0.4, -0.2) is 10.8 Å². The highest BCUT2D eigenvalue weighted by Crippen LogP contribution is 2.26. The first kappa shape index (κ1) is 11.0. The maximum absolute atomic E-state index is 12.7. The molecule has 0 saturated heterocycles. The van der Waals surface area contributed by atoms with Crippen molar-refractivity contribution in [1.82, 2.24) is 4.98 Å². The quantitative estimate of drug-likeness (QED) is 0.761. The molecule has 0 amide bonds. The smallest absolute Gasteiger partial charge is 0.191 e. The summed E-state index contributed by atoms with van der Waals surface area (Å²) in [7, 11) is 0. The van der Waals surface area contributed by atoms with E-state index in [0.717, 1.165) is 10.4 Å². The minimum Gasteiger partial charge on any atom is -0.292 e. The second-order valence-corrected chi connectivity index (χ2v) is 4.34. The van der Waals surface area contributed by atoms with Gasteiger partial charge in [-0.1, -0.05) is 19.1 Å². The van der Waals surface area contributed by atoms with Gasteiger partial charge in [-0.15, -0.1) is 11.3 Å². The number of ketones is 1. The van der Waals surface area contributed by atoms with Crippen LogP contribution in [0.4, 0.5) is 4.39 Å². The lowest BCUT2D eigenvalue weighted by Crippen LogP contribution is -1.93. The zero-order valence-corrected chi connectivity index (χ0v) is 9.55. The SMILES string of the molecule is CCC(=O)c1ncc(-c2ccc(F)cc2)s1. The van der Waals surface area contributed by atoms with Crippen LogP contribution in [0.15, 0.2) is 30.5 Å². The average Bonchev–Trinajstić information content (AvgIpc) is 2.78. The molecule has 0 spiro atoms. The lowest BCUT2D eigenvalue weighted by molar-refractivity contribution is 0.0988.